The van der Waals surface area contributed by atoms with Crippen LogP contribution in [-0.4, -0.2) is 96.7 Å². The number of ether oxygens (including phenoxy) is 4. The Morgan fingerprint density at radius 1 is 0.313 bits per heavy atom. The molecule has 17 nitrogen and oxygen atoms in total. The lowest BCUT2D eigenvalue weighted by Gasteiger charge is -2.21. The maximum absolute atomic E-state index is 13.1. The fraction of sp³-hybridized carbons (Fsp3) is 0.900. The molecule has 0 aromatic carbocycles. The van der Waals surface area contributed by atoms with Crippen LogP contribution in [0.4, 0.5) is 0 Å². The molecule has 0 aliphatic heterocycles. The average Bonchev–Trinajstić information content (AvgIpc) is 1.01. The van der Waals surface area contributed by atoms with E-state index in [9.17, 15) is 43.2 Å². The summed E-state index contributed by atoms with van der Waals surface area (Å²) in [6.07, 6.45) is 60.5. The van der Waals surface area contributed by atoms with E-state index in [1.807, 2.05) is 0 Å². The first-order valence-electron chi connectivity index (χ1n) is 40.7. The number of carbonyl (C=O) groups excluding carboxylic acids is 4. The van der Waals surface area contributed by atoms with Crippen LogP contribution >= 0.6 is 15.6 Å². The molecule has 0 bridgehead atoms. The minimum absolute atomic E-state index is 0.0851. The molecule has 0 aliphatic rings. The highest BCUT2D eigenvalue weighted by Crippen LogP contribution is 2.45. The van der Waals surface area contributed by atoms with E-state index in [0.717, 1.165) is 121 Å². The minimum Gasteiger partial charge on any atom is -0.462 e. The lowest BCUT2D eigenvalue weighted by atomic mass is 10.0. The van der Waals surface area contributed by atoms with Gasteiger partial charge in [0.2, 0.25) is 0 Å². The maximum Gasteiger partial charge on any atom is 0.472 e. The Bertz CT molecular complexity index is 2020. The lowest BCUT2D eigenvalue weighted by Crippen LogP contribution is -2.30. The molecule has 0 radical (unpaired) electrons. The number of hydrogen-bond acceptors (Lipinski definition) is 15. The molecule has 0 spiro atoms. The zero-order chi connectivity index (χ0) is 73.0. The van der Waals surface area contributed by atoms with Gasteiger partial charge in [-0.15, -0.1) is 0 Å². The third-order valence-electron chi connectivity index (χ3n) is 18.0. The van der Waals surface area contributed by atoms with E-state index < -0.39 is 97.5 Å². The topological polar surface area (TPSA) is 237 Å². The Hall–Kier alpha value is -2.46. The molecule has 0 saturated carbocycles. The van der Waals surface area contributed by atoms with Crippen molar-refractivity contribution in [1.82, 2.24) is 0 Å². The van der Waals surface area contributed by atoms with E-state index in [4.69, 9.17) is 37.0 Å². The van der Waals surface area contributed by atoms with Gasteiger partial charge in [-0.05, 0) is 69.1 Å². The Kier molecular flexibility index (Phi) is 68.1. The number of phosphoric acid groups is 2. The van der Waals surface area contributed by atoms with Crippen LogP contribution < -0.4 is 0 Å². The van der Waals surface area contributed by atoms with Crippen molar-refractivity contribution in [2.45, 2.75) is 407 Å². The van der Waals surface area contributed by atoms with Gasteiger partial charge in [0, 0.05) is 25.7 Å². The normalized spacial score (nSPS) is 14.2. The third-order valence-corrected chi connectivity index (χ3v) is 19.9. The van der Waals surface area contributed by atoms with E-state index in [1.165, 1.54) is 180 Å². The molecule has 99 heavy (non-hydrogen) atoms. The quantitative estimate of drug-likeness (QED) is 0.0169. The Balaban J connectivity index is 5.26. The molecule has 0 aliphatic carbocycles. The van der Waals surface area contributed by atoms with Crippen molar-refractivity contribution in [2.24, 2.45) is 17.8 Å². The van der Waals surface area contributed by atoms with Crippen molar-refractivity contribution < 1.29 is 80.2 Å². The van der Waals surface area contributed by atoms with Crippen LogP contribution in [0.25, 0.3) is 0 Å². The molecule has 0 rings (SSSR count). The number of unbranched alkanes of at least 4 members (excludes halogenated alkanes) is 41. The first-order chi connectivity index (χ1) is 47.7. The fourth-order valence-corrected chi connectivity index (χ4v) is 13.3. The Labute approximate surface area is 605 Å². The van der Waals surface area contributed by atoms with Crippen LogP contribution in [0.1, 0.15) is 389 Å². The molecule has 0 fully saturated rings. The Morgan fingerprint density at radius 3 is 0.818 bits per heavy atom. The minimum atomic E-state index is -4.97. The molecular formula is C80H152O17P2. The first kappa shape index (κ1) is 96.5. The smallest absolute Gasteiger partial charge is 0.462 e. The van der Waals surface area contributed by atoms with Gasteiger partial charge >= 0.3 is 39.5 Å². The van der Waals surface area contributed by atoms with Gasteiger partial charge in [0.15, 0.2) is 12.2 Å². The highest BCUT2D eigenvalue weighted by Gasteiger charge is 2.30. The predicted molar refractivity (Wildman–Crippen MR) is 404 cm³/mol. The maximum atomic E-state index is 13.1. The summed E-state index contributed by atoms with van der Waals surface area (Å²) in [6.45, 7) is 11.8. The molecule has 0 amide bonds. The second-order valence-corrected chi connectivity index (χ2v) is 32.5. The van der Waals surface area contributed by atoms with Gasteiger partial charge in [-0.2, -0.15) is 0 Å². The zero-order valence-corrected chi connectivity index (χ0v) is 66.2. The van der Waals surface area contributed by atoms with Crippen molar-refractivity contribution in [1.29, 1.82) is 0 Å². The second-order valence-electron chi connectivity index (χ2n) is 29.5. The molecule has 0 saturated heterocycles. The number of phosphoric ester groups is 2. The summed E-state index contributed by atoms with van der Waals surface area (Å²) >= 11 is 0. The fourth-order valence-electron chi connectivity index (χ4n) is 11.8. The van der Waals surface area contributed by atoms with Crippen LogP contribution in [0, 0.1) is 17.8 Å². The van der Waals surface area contributed by atoms with Gasteiger partial charge in [0.1, 0.15) is 19.3 Å². The van der Waals surface area contributed by atoms with Crippen LogP contribution in [0.3, 0.4) is 0 Å². The number of aliphatic hydroxyl groups is 1. The van der Waals surface area contributed by atoms with E-state index >= 15 is 0 Å². The highest BCUT2D eigenvalue weighted by atomic mass is 31.2. The van der Waals surface area contributed by atoms with Crippen molar-refractivity contribution in [2.75, 3.05) is 39.6 Å². The van der Waals surface area contributed by atoms with E-state index in [0.29, 0.717) is 31.6 Å². The van der Waals surface area contributed by atoms with E-state index in [-0.39, 0.29) is 25.7 Å². The van der Waals surface area contributed by atoms with Gasteiger partial charge in [-0.25, -0.2) is 9.13 Å². The summed E-state index contributed by atoms with van der Waals surface area (Å²) in [7, 11) is -9.93. The number of aliphatic hydroxyl groups excluding tert-OH is 1. The van der Waals surface area contributed by atoms with Crippen LogP contribution in [0.2, 0.25) is 0 Å². The average molecular weight is 1450 g/mol. The van der Waals surface area contributed by atoms with Gasteiger partial charge < -0.3 is 33.8 Å². The lowest BCUT2D eigenvalue weighted by molar-refractivity contribution is -0.161. The van der Waals surface area contributed by atoms with Crippen LogP contribution in [-0.2, 0) is 65.4 Å². The zero-order valence-electron chi connectivity index (χ0n) is 64.4. The molecule has 584 valence electrons. The van der Waals surface area contributed by atoms with Crippen molar-refractivity contribution >= 4 is 39.5 Å². The van der Waals surface area contributed by atoms with Gasteiger partial charge in [-0.1, -0.05) is 336 Å². The number of carbonyl (C=O) groups is 4. The van der Waals surface area contributed by atoms with Gasteiger partial charge in [-0.3, -0.25) is 37.3 Å². The number of rotatable bonds is 76. The molecule has 3 unspecified atom stereocenters. The number of esters is 4. The third kappa shape index (κ3) is 73.6. The van der Waals surface area contributed by atoms with Crippen molar-refractivity contribution in [3.8, 4) is 0 Å². The van der Waals surface area contributed by atoms with E-state index in [2.05, 4.69) is 72.8 Å². The predicted octanol–water partition coefficient (Wildman–Crippen LogP) is 23.3. The van der Waals surface area contributed by atoms with Crippen LogP contribution in [0.15, 0.2) is 24.3 Å². The van der Waals surface area contributed by atoms with Crippen LogP contribution in [0.5, 0.6) is 0 Å². The molecule has 3 N–H and O–H groups in total. The van der Waals surface area contributed by atoms with E-state index in [1.54, 1.807) is 0 Å². The van der Waals surface area contributed by atoms with Crippen molar-refractivity contribution in [3.63, 3.8) is 0 Å². The summed E-state index contributed by atoms with van der Waals surface area (Å²) < 4.78 is 68.6. The number of hydrogen-bond donors (Lipinski definition) is 3. The molecule has 19 heteroatoms. The summed E-state index contributed by atoms with van der Waals surface area (Å²) in [4.78, 5) is 72.9. The van der Waals surface area contributed by atoms with Gasteiger partial charge in [0.05, 0.1) is 26.4 Å². The van der Waals surface area contributed by atoms with Crippen molar-refractivity contribution in [3.05, 3.63) is 24.3 Å². The SMILES string of the molecule is CCCCCC/C=C\C=C/CCCCCCCC(=O)O[C@H](COC(=O)CCCCCCCCCCCCCCCCCCC(C)C)COP(=O)(O)OCC(O)COP(=O)(O)OC[C@@H](COC(=O)CCCCCCCCCC(C)C)OC(=O)CCCCCCCCCCCCCCC(C)C. The summed E-state index contributed by atoms with van der Waals surface area (Å²) in [6, 6.07) is 0. The summed E-state index contributed by atoms with van der Waals surface area (Å²) in [5, 5.41) is 10.6. The Morgan fingerprint density at radius 2 is 0.545 bits per heavy atom. The first-order valence-corrected chi connectivity index (χ1v) is 43.7. The largest absolute Gasteiger partial charge is 0.472 e. The summed E-state index contributed by atoms with van der Waals surface area (Å²) in [5.41, 5.74) is 0. The number of allylic oxidation sites excluding steroid dienone is 4. The van der Waals surface area contributed by atoms with Gasteiger partial charge in [0.25, 0.3) is 0 Å². The second kappa shape index (κ2) is 69.9. The standard InChI is InChI=1S/C80H152O17P2/c1-8-9-10-11-12-13-14-15-18-23-29-34-41-49-56-63-79(84)96-75(67-90-77(82)61-54-47-40-33-28-22-20-17-16-19-21-26-31-37-44-51-58-71(2)3)69-94-98(86,87)92-65-74(81)66-93-99(88,89)95-70-76(68-91-78(83)62-55-48-43-36-39-46-53-60-73(6)7)97-80(85)64-57-50-42-35-30-25-24-27-32-38-45-52-59-72(4)5/h13-15,18,71-76,81H,8-12,16-17,19-70H2,1-7H3,(H,86,87)(H,88,89)/b14-13-,18-15-/t74?,75-,76-/m1/s1. The highest BCUT2D eigenvalue weighted by molar-refractivity contribution is 7.47. The molecule has 0 aromatic rings. The monoisotopic (exact) mass is 1450 g/mol. The molecule has 0 heterocycles. The summed E-state index contributed by atoms with van der Waals surface area (Å²) in [5.74, 6) is 0.145. The molecular weight excluding hydrogens is 1290 g/mol. The molecule has 5 atom stereocenters. The molecule has 0 aromatic heterocycles.